The summed E-state index contributed by atoms with van der Waals surface area (Å²) in [5, 5.41) is 0. The van der Waals surface area contributed by atoms with Crippen LogP contribution >= 0.6 is 0 Å². The summed E-state index contributed by atoms with van der Waals surface area (Å²) in [6.45, 7) is 6.46. The van der Waals surface area contributed by atoms with Crippen LogP contribution in [-0.2, 0) is 0 Å². The van der Waals surface area contributed by atoms with Gasteiger partial charge in [0.1, 0.15) is 0 Å². The second kappa shape index (κ2) is 3.03. The average molecular weight is 168 g/mol. The maximum atomic E-state index is 12.6. The molecule has 1 fully saturated rings. The van der Waals surface area contributed by atoms with Crippen molar-refractivity contribution in [1.29, 1.82) is 0 Å². The molecule has 0 spiro atoms. The van der Waals surface area contributed by atoms with Crippen molar-refractivity contribution >= 4 is 0 Å². The predicted molar refractivity (Wildman–Crippen MR) is 39.6 cm³/mol. The first-order valence-electron chi connectivity index (χ1n) is 3.94. The smallest absolute Gasteiger partial charge is 0.237 e. The van der Waals surface area contributed by atoms with Crippen LogP contribution in [0.2, 0.25) is 0 Å². The highest BCUT2D eigenvalue weighted by atomic mass is 19.3. The maximum absolute atomic E-state index is 12.6. The van der Waals surface area contributed by atoms with Crippen molar-refractivity contribution in [2.75, 3.05) is 0 Å². The van der Waals surface area contributed by atoms with E-state index >= 15 is 0 Å². The lowest BCUT2D eigenvalue weighted by Crippen LogP contribution is -2.58. The van der Waals surface area contributed by atoms with E-state index < -0.39 is 17.5 Å². The molecule has 1 rings (SSSR count). The van der Waals surface area contributed by atoms with Gasteiger partial charge in [0.2, 0.25) is 0 Å². The van der Waals surface area contributed by atoms with Crippen molar-refractivity contribution < 1.29 is 13.2 Å². The van der Waals surface area contributed by atoms with E-state index in [1.54, 1.807) is 0 Å². The molecule has 3 heteroatoms. The average Bonchev–Trinajstić information content (AvgIpc) is 1.91. The molecule has 2 atom stereocenters. The molecular formula is C8H15F3. The zero-order valence-electron chi connectivity index (χ0n) is 7.42. The molecule has 0 nitrogen and oxygen atoms in total. The number of hydrogen-bond donors (Lipinski definition) is 0. The standard InChI is InChI=1S/C6H9F3.C2H6/c1-4-3-6(8,9)5(4,2)7;1-2/h4H,3H2,1-2H3;1-2H3. The first-order chi connectivity index (χ1) is 4.88. The van der Waals surface area contributed by atoms with Crippen LogP contribution in [0.4, 0.5) is 13.2 Å². The van der Waals surface area contributed by atoms with E-state index in [0.717, 1.165) is 6.92 Å². The van der Waals surface area contributed by atoms with Gasteiger partial charge in [0.25, 0.3) is 5.92 Å². The molecule has 0 aromatic carbocycles. The number of rotatable bonds is 0. The van der Waals surface area contributed by atoms with Crippen molar-refractivity contribution in [2.24, 2.45) is 5.92 Å². The highest BCUT2D eigenvalue weighted by Gasteiger charge is 2.64. The number of alkyl halides is 3. The van der Waals surface area contributed by atoms with Gasteiger partial charge < -0.3 is 0 Å². The number of halogens is 3. The Morgan fingerprint density at radius 3 is 1.55 bits per heavy atom. The Morgan fingerprint density at radius 1 is 1.18 bits per heavy atom. The molecule has 2 unspecified atom stereocenters. The van der Waals surface area contributed by atoms with Gasteiger partial charge in [-0.2, -0.15) is 0 Å². The normalized spacial score (nSPS) is 40.1. The Labute approximate surface area is 65.8 Å². The molecule has 1 aliphatic rings. The number of hydrogen-bond acceptors (Lipinski definition) is 0. The molecule has 0 aliphatic heterocycles. The van der Waals surface area contributed by atoms with Gasteiger partial charge in [0, 0.05) is 12.3 Å². The summed E-state index contributed by atoms with van der Waals surface area (Å²) in [4.78, 5) is 0. The molecule has 0 bridgehead atoms. The van der Waals surface area contributed by atoms with Gasteiger partial charge in [-0.25, -0.2) is 13.2 Å². The molecule has 0 heterocycles. The lowest BCUT2D eigenvalue weighted by molar-refractivity contribution is -0.236. The third-order valence-electron chi connectivity index (χ3n) is 2.20. The Morgan fingerprint density at radius 2 is 1.55 bits per heavy atom. The lowest BCUT2D eigenvalue weighted by Gasteiger charge is -2.45. The minimum atomic E-state index is -3.08. The zero-order chi connectivity index (χ0) is 9.28. The lowest BCUT2D eigenvalue weighted by atomic mass is 9.70. The summed E-state index contributed by atoms with van der Waals surface area (Å²) >= 11 is 0. The van der Waals surface area contributed by atoms with Crippen molar-refractivity contribution in [3.05, 3.63) is 0 Å². The third-order valence-corrected chi connectivity index (χ3v) is 2.20. The van der Waals surface area contributed by atoms with Crippen LogP contribution in [0.5, 0.6) is 0 Å². The fourth-order valence-electron chi connectivity index (χ4n) is 1.01. The topological polar surface area (TPSA) is 0 Å². The van der Waals surface area contributed by atoms with E-state index in [0.29, 0.717) is 0 Å². The summed E-state index contributed by atoms with van der Waals surface area (Å²) in [6, 6.07) is 0. The Balaban J connectivity index is 0.000000461. The molecule has 68 valence electrons. The van der Waals surface area contributed by atoms with Crippen molar-refractivity contribution in [3.8, 4) is 0 Å². The fourth-order valence-corrected chi connectivity index (χ4v) is 1.01. The third kappa shape index (κ3) is 1.52. The molecule has 1 saturated carbocycles. The summed E-state index contributed by atoms with van der Waals surface area (Å²) in [5.74, 6) is -3.57. The highest BCUT2D eigenvalue weighted by molar-refractivity contribution is 5.05. The van der Waals surface area contributed by atoms with E-state index in [1.807, 2.05) is 13.8 Å². The van der Waals surface area contributed by atoms with Crippen LogP contribution in [-0.4, -0.2) is 11.6 Å². The SMILES string of the molecule is CC.CC1CC(F)(F)C1(C)F. The van der Waals surface area contributed by atoms with E-state index in [-0.39, 0.29) is 6.42 Å². The second-order valence-corrected chi connectivity index (χ2v) is 2.89. The fraction of sp³-hybridized carbons (Fsp3) is 1.00. The highest BCUT2D eigenvalue weighted by Crippen LogP contribution is 2.53. The molecular weight excluding hydrogens is 153 g/mol. The monoisotopic (exact) mass is 168 g/mol. The minimum absolute atomic E-state index is 0.306. The van der Waals surface area contributed by atoms with Gasteiger partial charge in [0.15, 0.2) is 5.67 Å². The first-order valence-corrected chi connectivity index (χ1v) is 3.94. The summed E-state index contributed by atoms with van der Waals surface area (Å²) < 4.78 is 37.0. The van der Waals surface area contributed by atoms with Crippen LogP contribution in [0.15, 0.2) is 0 Å². The molecule has 0 aromatic rings. The largest absolute Gasteiger partial charge is 0.281 e. The van der Waals surface area contributed by atoms with Gasteiger partial charge in [-0.05, 0) is 6.92 Å². The van der Waals surface area contributed by atoms with Gasteiger partial charge in [-0.3, -0.25) is 0 Å². The summed E-state index contributed by atoms with van der Waals surface area (Å²) in [5.41, 5.74) is -2.26. The summed E-state index contributed by atoms with van der Waals surface area (Å²) in [7, 11) is 0. The predicted octanol–water partition coefficient (Wildman–Crippen LogP) is 3.42. The van der Waals surface area contributed by atoms with E-state index in [4.69, 9.17) is 0 Å². The van der Waals surface area contributed by atoms with Crippen molar-refractivity contribution in [2.45, 2.75) is 45.7 Å². The van der Waals surface area contributed by atoms with E-state index in [9.17, 15) is 13.2 Å². The van der Waals surface area contributed by atoms with E-state index in [2.05, 4.69) is 0 Å². The Kier molecular flexibility index (Phi) is 2.98. The zero-order valence-corrected chi connectivity index (χ0v) is 7.42. The van der Waals surface area contributed by atoms with Crippen LogP contribution in [0.1, 0.15) is 34.1 Å². The van der Waals surface area contributed by atoms with Crippen LogP contribution in [0.25, 0.3) is 0 Å². The van der Waals surface area contributed by atoms with E-state index in [1.165, 1.54) is 6.92 Å². The Bertz CT molecular complexity index is 129. The molecule has 11 heavy (non-hydrogen) atoms. The van der Waals surface area contributed by atoms with Gasteiger partial charge >= 0.3 is 0 Å². The first kappa shape index (κ1) is 10.8. The Hall–Kier alpha value is -0.210. The quantitative estimate of drug-likeness (QED) is 0.520. The maximum Gasteiger partial charge on any atom is 0.281 e. The molecule has 0 N–H and O–H groups in total. The van der Waals surface area contributed by atoms with Crippen LogP contribution < -0.4 is 0 Å². The molecule has 0 saturated heterocycles. The van der Waals surface area contributed by atoms with Crippen molar-refractivity contribution in [3.63, 3.8) is 0 Å². The molecule has 0 amide bonds. The molecule has 0 aromatic heterocycles. The van der Waals surface area contributed by atoms with Gasteiger partial charge in [-0.15, -0.1) is 0 Å². The van der Waals surface area contributed by atoms with Crippen LogP contribution in [0.3, 0.4) is 0 Å². The second-order valence-electron chi connectivity index (χ2n) is 2.89. The molecule has 1 aliphatic carbocycles. The summed E-state index contributed by atoms with van der Waals surface area (Å²) in [6.07, 6.45) is -0.306. The van der Waals surface area contributed by atoms with Crippen LogP contribution in [0, 0.1) is 5.92 Å². The minimum Gasteiger partial charge on any atom is -0.237 e. The van der Waals surface area contributed by atoms with Gasteiger partial charge in [0.05, 0.1) is 0 Å². The van der Waals surface area contributed by atoms with Gasteiger partial charge in [-0.1, -0.05) is 20.8 Å². The van der Waals surface area contributed by atoms with Crippen molar-refractivity contribution in [1.82, 2.24) is 0 Å². The molecule has 0 radical (unpaired) electrons.